The standard InChI is InChI=1S/C23H24FN9O2/c1-14-7-22(33-13-27-29-30-33)26-9-20(14)28-23(34)32-6-5-31-11-21(35-12-16(31)10-32)17-3-4-19(24)18(8-25)15(17)2/h3-4,7,9,13,16,21H,5-6,10-12H2,1-2H3,(H,28,34)/t16-,21+/m1/s1. The minimum Gasteiger partial charge on any atom is -0.370 e. The number of aryl methyl sites for hydroxylation is 1. The molecular weight excluding hydrogens is 453 g/mol. The highest BCUT2D eigenvalue weighted by atomic mass is 19.1. The van der Waals surface area contributed by atoms with Crippen LogP contribution in [0.25, 0.3) is 5.82 Å². The topological polar surface area (TPSA) is 125 Å². The molecule has 35 heavy (non-hydrogen) atoms. The van der Waals surface area contributed by atoms with Crippen molar-refractivity contribution in [2.45, 2.75) is 26.0 Å². The largest absolute Gasteiger partial charge is 0.370 e. The van der Waals surface area contributed by atoms with Crippen molar-refractivity contribution in [3.63, 3.8) is 0 Å². The fraction of sp³-hybridized carbons (Fsp3) is 0.391. The molecule has 3 aromatic rings. The zero-order valence-electron chi connectivity index (χ0n) is 19.3. The highest BCUT2D eigenvalue weighted by molar-refractivity contribution is 5.90. The number of hydrogen-bond acceptors (Lipinski definition) is 8. The summed E-state index contributed by atoms with van der Waals surface area (Å²) in [7, 11) is 0. The highest BCUT2D eigenvalue weighted by Gasteiger charge is 2.36. The third kappa shape index (κ3) is 4.43. The second kappa shape index (κ2) is 9.36. The number of carbonyl (C=O) groups excluding carboxylic acids is 1. The number of halogens is 1. The summed E-state index contributed by atoms with van der Waals surface area (Å²) in [4.78, 5) is 21.4. The van der Waals surface area contributed by atoms with E-state index in [0.717, 1.165) is 11.1 Å². The number of carbonyl (C=O) groups is 1. The van der Waals surface area contributed by atoms with Crippen LogP contribution in [0.5, 0.6) is 0 Å². The van der Waals surface area contributed by atoms with Gasteiger partial charge in [0.1, 0.15) is 18.2 Å². The molecule has 4 heterocycles. The van der Waals surface area contributed by atoms with Crippen molar-refractivity contribution >= 4 is 11.7 Å². The molecular formula is C23H24FN9O2. The van der Waals surface area contributed by atoms with Gasteiger partial charge in [0.15, 0.2) is 5.82 Å². The Morgan fingerprint density at radius 3 is 2.89 bits per heavy atom. The fourth-order valence-electron chi connectivity index (χ4n) is 4.60. The van der Waals surface area contributed by atoms with Gasteiger partial charge < -0.3 is 15.0 Å². The maximum atomic E-state index is 13.9. The number of benzene rings is 1. The van der Waals surface area contributed by atoms with Crippen LogP contribution in [0.15, 0.2) is 30.7 Å². The van der Waals surface area contributed by atoms with Crippen molar-refractivity contribution in [1.29, 1.82) is 5.26 Å². The molecule has 1 aromatic carbocycles. The molecule has 2 aliphatic rings. The maximum absolute atomic E-state index is 13.9. The van der Waals surface area contributed by atoms with Gasteiger partial charge in [-0.1, -0.05) is 6.07 Å². The average Bonchev–Trinajstić information content (AvgIpc) is 3.40. The number of nitrogens with zero attached hydrogens (tertiary/aromatic N) is 8. The molecule has 1 N–H and O–H groups in total. The van der Waals surface area contributed by atoms with E-state index in [1.165, 1.54) is 17.1 Å². The lowest BCUT2D eigenvalue weighted by molar-refractivity contribution is -0.0844. The monoisotopic (exact) mass is 477 g/mol. The Kier molecular flexibility index (Phi) is 6.10. The number of amides is 2. The molecule has 0 saturated carbocycles. The van der Waals surface area contributed by atoms with E-state index >= 15 is 0 Å². The van der Waals surface area contributed by atoms with Gasteiger partial charge in [0, 0.05) is 26.2 Å². The molecule has 0 spiro atoms. The zero-order chi connectivity index (χ0) is 24.5. The van der Waals surface area contributed by atoms with Crippen molar-refractivity contribution in [1.82, 2.24) is 35.0 Å². The summed E-state index contributed by atoms with van der Waals surface area (Å²) in [5.41, 5.74) is 2.96. The van der Waals surface area contributed by atoms with E-state index in [9.17, 15) is 14.4 Å². The van der Waals surface area contributed by atoms with E-state index in [-0.39, 0.29) is 23.7 Å². The minimum atomic E-state index is -0.516. The van der Waals surface area contributed by atoms with E-state index in [4.69, 9.17) is 4.74 Å². The predicted octanol–water partition coefficient (Wildman–Crippen LogP) is 1.97. The Hall–Kier alpha value is -3.95. The van der Waals surface area contributed by atoms with Crippen molar-refractivity contribution in [2.75, 3.05) is 38.1 Å². The van der Waals surface area contributed by atoms with Crippen LogP contribution in [-0.2, 0) is 4.74 Å². The highest BCUT2D eigenvalue weighted by Crippen LogP contribution is 2.31. The minimum absolute atomic E-state index is 0.0587. The van der Waals surface area contributed by atoms with Gasteiger partial charge in [-0.15, -0.1) is 5.10 Å². The number of ether oxygens (including phenoxy) is 1. The number of anilines is 1. The van der Waals surface area contributed by atoms with Gasteiger partial charge >= 0.3 is 6.03 Å². The molecule has 180 valence electrons. The first-order valence-electron chi connectivity index (χ1n) is 11.2. The lowest BCUT2D eigenvalue weighted by atomic mass is 9.96. The Morgan fingerprint density at radius 2 is 2.14 bits per heavy atom. The third-order valence-electron chi connectivity index (χ3n) is 6.62. The fourth-order valence-corrected chi connectivity index (χ4v) is 4.60. The van der Waals surface area contributed by atoms with E-state index < -0.39 is 5.82 Å². The second-order valence-electron chi connectivity index (χ2n) is 8.71. The van der Waals surface area contributed by atoms with Gasteiger partial charge in [-0.25, -0.2) is 14.2 Å². The van der Waals surface area contributed by atoms with Crippen molar-refractivity contribution in [3.8, 4) is 11.9 Å². The molecule has 11 nitrogen and oxygen atoms in total. The summed E-state index contributed by atoms with van der Waals surface area (Å²) in [5.74, 6) is 0.0452. The first kappa shape index (κ1) is 22.8. The number of aromatic nitrogens is 5. The summed E-state index contributed by atoms with van der Waals surface area (Å²) in [5, 5.41) is 23.2. The van der Waals surface area contributed by atoms with Crippen LogP contribution in [0.1, 0.15) is 28.4 Å². The number of tetrazole rings is 1. The number of pyridine rings is 1. The number of urea groups is 1. The first-order valence-corrected chi connectivity index (χ1v) is 11.2. The SMILES string of the molecule is Cc1cc(-n2cnnn2)ncc1NC(=O)N1CCN2C[C@@H](c3ccc(F)c(C#N)c3C)OC[C@H]2C1. The van der Waals surface area contributed by atoms with Crippen LogP contribution in [0.4, 0.5) is 14.9 Å². The number of rotatable bonds is 3. The Labute approximate surface area is 201 Å². The number of nitrogens with one attached hydrogen (secondary N) is 1. The van der Waals surface area contributed by atoms with E-state index in [1.54, 1.807) is 30.2 Å². The molecule has 2 atom stereocenters. The molecule has 12 heteroatoms. The summed E-state index contributed by atoms with van der Waals surface area (Å²) >= 11 is 0. The summed E-state index contributed by atoms with van der Waals surface area (Å²) in [6.45, 7) is 6.48. The van der Waals surface area contributed by atoms with Crippen LogP contribution in [0, 0.1) is 31.0 Å². The molecule has 5 rings (SSSR count). The Balaban J connectivity index is 1.21. The normalized spacial score (nSPS) is 20.2. The molecule has 2 aliphatic heterocycles. The van der Waals surface area contributed by atoms with Crippen LogP contribution in [0.3, 0.4) is 0 Å². The van der Waals surface area contributed by atoms with E-state index in [0.29, 0.717) is 49.9 Å². The zero-order valence-corrected chi connectivity index (χ0v) is 19.3. The predicted molar refractivity (Wildman–Crippen MR) is 122 cm³/mol. The van der Waals surface area contributed by atoms with Crippen molar-refractivity contribution < 1.29 is 13.9 Å². The Bertz CT molecular complexity index is 1290. The number of morpholine rings is 1. The summed E-state index contributed by atoms with van der Waals surface area (Å²) in [6, 6.07) is 6.63. The van der Waals surface area contributed by atoms with Gasteiger partial charge in [0.2, 0.25) is 0 Å². The lowest BCUT2D eigenvalue weighted by Gasteiger charge is -2.46. The van der Waals surface area contributed by atoms with Crippen LogP contribution < -0.4 is 5.32 Å². The van der Waals surface area contributed by atoms with E-state index in [1.807, 2.05) is 13.0 Å². The smallest absolute Gasteiger partial charge is 0.321 e. The Morgan fingerprint density at radius 1 is 1.29 bits per heavy atom. The molecule has 0 aliphatic carbocycles. The summed E-state index contributed by atoms with van der Waals surface area (Å²) in [6.07, 6.45) is 2.80. The summed E-state index contributed by atoms with van der Waals surface area (Å²) < 4.78 is 21.5. The number of piperazine rings is 1. The molecule has 2 saturated heterocycles. The van der Waals surface area contributed by atoms with Gasteiger partial charge in [0.05, 0.1) is 36.2 Å². The molecule has 2 aromatic heterocycles. The molecule has 0 unspecified atom stereocenters. The third-order valence-corrected chi connectivity index (χ3v) is 6.62. The molecule has 2 amide bonds. The number of hydrogen-bond donors (Lipinski definition) is 1. The molecule has 0 bridgehead atoms. The first-order chi connectivity index (χ1) is 16.9. The molecule has 2 fully saturated rings. The lowest BCUT2D eigenvalue weighted by Crippen LogP contribution is -2.60. The van der Waals surface area contributed by atoms with Gasteiger partial charge in [0.25, 0.3) is 0 Å². The maximum Gasteiger partial charge on any atom is 0.321 e. The quantitative estimate of drug-likeness (QED) is 0.607. The second-order valence-corrected chi connectivity index (χ2v) is 8.71. The van der Waals surface area contributed by atoms with Crippen LogP contribution in [0.2, 0.25) is 0 Å². The van der Waals surface area contributed by atoms with E-state index in [2.05, 4.69) is 30.7 Å². The number of nitriles is 1. The van der Waals surface area contributed by atoms with Crippen molar-refractivity contribution in [2.24, 2.45) is 0 Å². The average molecular weight is 478 g/mol. The van der Waals surface area contributed by atoms with Gasteiger partial charge in [-0.05, 0) is 53.1 Å². The number of fused-ring (bicyclic) bond motifs is 1. The van der Waals surface area contributed by atoms with Crippen LogP contribution in [-0.4, -0.2) is 79.8 Å². The van der Waals surface area contributed by atoms with Crippen molar-refractivity contribution in [3.05, 3.63) is 58.8 Å². The molecule has 0 radical (unpaired) electrons. The van der Waals surface area contributed by atoms with Gasteiger partial charge in [-0.3, -0.25) is 4.90 Å². The van der Waals surface area contributed by atoms with Gasteiger partial charge in [-0.2, -0.15) is 9.94 Å². The van der Waals surface area contributed by atoms with Crippen LogP contribution >= 0.6 is 0 Å².